The van der Waals surface area contributed by atoms with Crippen LogP contribution in [0.4, 0.5) is 0 Å². The SMILES string of the molecule is CC(=O)Oc1ccc(-c2ccc(OCCCCCCCCCCOc3ccc(C(C)(CCCOc4ccc(C(=O)O)cc4)c4ccc(OCCCCCCCCCCOc5ccc(-c6ccc(OC(C)=O)cc6)cc5)cc4)cc3)cc2)cc1. The summed E-state index contributed by atoms with van der Waals surface area (Å²) in [6.45, 7) is 8.40. The Morgan fingerprint density at radius 1 is 0.313 bits per heavy atom. The molecule has 0 heterocycles. The predicted octanol–water partition coefficient (Wildman–Crippen LogP) is 17.9. The third-order valence-corrected chi connectivity index (χ3v) is 14.9. The quantitative estimate of drug-likeness (QED) is 0.0225. The minimum Gasteiger partial charge on any atom is -0.494 e. The van der Waals surface area contributed by atoms with E-state index in [0.29, 0.717) is 50.3 Å². The number of carboxylic acids is 1. The van der Waals surface area contributed by atoms with E-state index in [0.717, 1.165) is 109 Å². The summed E-state index contributed by atoms with van der Waals surface area (Å²) >= 11 is 0. The fourth-order valence-electron chi connectivity index (χ4n) is 10.1. The molecule has 0 saturated carbocycles. The van der Waals surface area contributed by atoms with Crippen molar-refractivity contribution in [3.63, 3.8) is 0 Å². The molecule has 83 heavy (non-hydrogen) atoms. The average molecular weight is 1130 g/mol. The summed E-state index contributed by atoms with van der Waals surface area (Å²) in [6.07, 6.45) is 20.1. The maximum Gasteiger partial charge on any atom is 0.335 e. The molecular formula is C72H84O11. The molecular weight excluding hydrogens is 1040 g/mol. The van der Waals surface area contributed by atoms with Crippen molar-refractivity contribution in [3.05, 3.63) is 187 Å². The zero-order valence-corrected chi connectivity index (χ0v) is 49.0. The minimum atomic E-state index is -0.955. The van der Waals surface area contributed by atoms with Crippen LogP contribution in [0.25, 0.3) is 22.3 Å². The lowest BCUT2D eigenvalue weighted by molar-refractivity contribution is -0.132. The Morgan fingerprint density at radius 2 is 0.542 bits per heavy atom. The van der Waals surface area contributed by atoms with Gasteiger partial charge < -0.3 is 38.3 Å². The number of hydrogen-bond donors (Lipinski definition) is 1. The Balaban J connectivity index is 0.750. The Labute approximate surface area is 492 Å². The molecule has 7 aromatic rings. The van der Waals surface area contributed by atoms with Gasteiger partial charge in [-0.1, -0.05) is 157 Å². The number of rotatable bonds is 38. The average Bonchev–Trinajstić information content (AvgIpc) is 3.68. The molecule has 0 aliphatic heterocycles. The number of aromatic carboxylic acids is 1. The number of benzene rings is 7. The Morgan fingerprint density at radius 3 is 0.807 bits per heavy atom. The van der Waals surface area contributed by atoms with Crippen LogP contribution < -0.4 is 33.2 Å². The van der Waals surface area contributed by atoms with Crippen molar-refractivity contribution in [2.75, 3.05) is 33.0 Å². The molecule has 0 aliphatic carbocycles. The van der Waals surface area contributed by atoms with Crippen LogP contribution in [-0.4, -0.2) is 56.0 Å². The van der Waals surface area contributed by atoms with Crippen molar-refractivity contribution < 1.29 is 52.6 Å². The first-order chi connectivity index (χ1) is 40.5. The number of carbonyl (C=O) groups is 3. The largest absolute Gasteiger partial charge is 0.494 e. The van der Waals surface area contributed by atoms with E-state index in [-0.39, 0.29) is 22.9 Å². The first kappa shape index (κ1) is 62.5. The molecule has 11 nitrogen and oxygen atoms in total. The summed E-state index contributed by atoms with van der Waals surface area (Å²) in [5.74, 6) is 3.64. The van der Waals surface area contributed by atoms with E-state index in [1.807, 2.05) is 48.5 Å². The molecule has 11 heteroatoms. The third kappa shape index (κ3) is 22.0. The number of unbranched alkanes of at least 4 members (excludes halogenated alkanes) is 14. The predicted molar refractivity (Wildman–Crippen MR) is 330 cm³/mol. The Kier molecular flexibility index (Phi) is 25.9. The smallest absolute Gasteiger partial charge is 0.335 e. The lowest BCUT2D eigenvalue weighted by atomic mass is 9.73. The van der Waals surface area contributed by atoms with Crippen LogP contribution in [0.2, 0.25) is 0 Å². The molecule has 7 aromatic carbocycles. The maximum atomic E-state index is 11.3. The van der Waals surface area contributed by atoms with Crippen molar-refractivity contribution in [1.29, 1.82) is 0 Å². The number of carbonyl (C=O) groups excluding carboxylic acids is 2. The van der Waals surface area contributed by atoms with E-state index in [9.17, 15) is 19.5 Å². The van der Waals surface area contributed by atoms with Crippen LogP contribution in [0.15, 0.2) is 170 Å². The second-order valence-electron chi connectivity index (χ2n) is 21.5. The minimum absolute atomic E-state index is 0.237. The van der Waals surface area contributed by atoms with E-state index in [2.05, 4.69) is 79.7 Å². The standard InChI is InChI=1S/C72H84O11/c1-55(73)82-69-41-25-59(26-42-69)57-21-35-64(36-22-57)77-50-16-12-8-4-6-10-14-18-52-79-67-45-31-62(32-46-67)72(3,49-20-54-81-66-39-29-61(30-40-66)71(75)76)63-33-47-68(48-34-63)80-53-19-15-11-7-5-9-13-17-51-78-65-37-23-58(24-38-65)60-27-43-70(44-28-60)83-56(2)74/h21-48H,4-20,49-54H2,1-3H3,(H,75,76). The van der Waals surface area contributed by atoms with Crippen LogP contribution in [0.3, 0.4) is 0 Å². The molecule has 1 N–H and O–H groups in total. The van der Waals surface area contributed by atoms with Gasteiger partial charge >= 0.3 is 17.9 Å². The van der Waals surface area contributed by atoms with Gasteiger partial charge in [0, 0.05) is 19.3 Å². The second-order valence-corrected chi connectivity index (χ2v) is 21.5. The van der Waals surface area contributed by atoms with Crippen molar-refractivity contribution in [2.45, 2.75) is 142 Å². The highest BCUT2D eigenvalue weighted by Gasteiger charge is 2.29. The maximum absolute atomic E-state index is 11.3. The van der Waals surface area contributed by atoms with Gasteiger partial charge in [0.05, 0.1) is 38.6 Å². The van der Waals surface area contributed by atoms with Gasteiger partial charge in [0.15, 0.2) is 0 Å². The van der Waals surface area contributed by atoms with Crippen molar-refractivity contribution in [2.24, 2.45) is 0 Å². The van der Waals surface area contributed by atoms with Crippen molar-refractivity contribution >= 4 is 17.9 Å². The molecule has 7 rings (SSSR count). The molecule has 0 radical (unpaired) electrons. The van der Waals surface area contributed by atoms with E-state index in [1.165, 1.54) is 76.3 Å². The van der Waals surface area contributed by atoms with Crippen LogP contribution in [0.1, 0.15) is 158 Å². The lowest BCUT2D eigenvalue weighted by Gasteiger charge is -2.31. The Bertz CT molecular complexity index is 2800. The Hall–Kier alpha value is -8.05. The molecule has 0 spiro atoms. The second kappa shape index (κ2) is 34.4. The molecule has 0 aliphatic rings. The number of ether oxygens (including phenoxy) is 7. The molecule has 0 atom stereocenters. The molecule has 0 unspecified atom stereocenters. The van der Waals surface area contributed by atoms with Crippen molar-refractivity contribution in [1.82, 2.24) is 0 Å². The highest BCUT2D eigenvalue weighted by Crippen LogP contribution is 2.38. The van der Waals surface area contributed by atoms with E-state index in [4.69, 9.17) is 33.2 Å². The zero-order chi connectivity index (χ0) is 58.3. The van der Waals surface area contributed by atoms with Crippen LogP contribution in [0, 0.1) is 0 Å². The molecule has 0 saturated heterocycles. The first-order valence-electron chi connectivity index (χ1n) is 30.0. The van der Waals surface area contributed by atoms with Gasteiger partial charge in [-0.3, -0.25) is 9.59 Å². The van der Waals surface area contributed by atoms with E-state index < -0.39 is 5.97 Å². The van der Waals surface area contributed by atoms with Crippen LogP contribution >= 0.6 is 0 Å². The normalized spacial score (nSPS) is 11.2. The van der Waals surface area contributed by atoms with Gasteiger partial charge in [-0.15, -0.1) is 0 Å². The number of esters is 2. The number of hydrogen-bond acceptors (Lipinski definition) is 10. The summed E-state index contributed by atoms with van der Waals surface area (Å²) < 4.78 is 40.8. The molecule has 0 fully saturated rings. The fourth-order valence-corrected chi connectivity index (χ4v) is 10.1. The molecule has 0 aromatic heterocycles. The van der Waals surface area contributed by atoms with E-state index in [1.54, 1.807) is 48.5 Å². The molecule has 0 bridgehead atoms. The van der Waals surface area contributed by atoms with Crippen LogP contribution in [0.5, 0.6) is 40.2 Å². The molecule has 0 amide bonds. The van der Waals surface area contributed by atoms with Gasteiger partial charge in [0.1, 0.15) is 40.2 Å². The fraction of sp³-hybridized carbons (Fsp3) is 0.375. The van der Waals surface area contributed by atoms with Gasteiger partial charge in [-0.05, 0) is 169 Å². The van der Waals surface area contributed by atoms with Gasteiger partial charge in [0.25, 0.3) is 0 Å². The van der Waals surface area contributed by atoms with Crippen molar-refractivity contribution in [3.8, 4) is 62.5 Å². The van der Waals surface area contributed by atoms with Gasteiger partial charge in [0.2, 0.25) is 0 Å². The summed E-state index contributed by atoms with van der Waals surface area (Å²) in [5.41, 5.74) is 6.61. The van der Waals surface area contributed by atoms with E-state index >= 15 is 0 Å². The van der Waals surface area contributed by atoms with Gasteiger partial charge in [-0.25, -0.2) is 4.79 Å². The summed E-state index contributed by atoms with van der Waals surface area (Å²) in [7, 11) is 0. The topological polar surface area (TPSA) is 136 Å². The monoisotopic (exact) mass is 1120 g/mol. The summed E-state index contributed by atoms with van der Waals surface area (Å²) in [5, 5.41) is 9.31. The molecule has 438 valence electrons. The third-order valence-electron chi connectivity index (χ3n) is 14.9. The lowest BCUT2D eigenvalue weighted by Crippen LogP contribution is -2.24. The highest BCUT2D eigenvalue weighted by atomic mass is 16.5. The van der Waals surface area contributed by atoms with Gasteiger partial charge in [-0.2, -0.15) is 0 Å². The summed E-state index contributed by atoms with van der Waals surface area (Å²) in [6, 6.07) is 55.0. The van der Waals surface area contributed by atoms with Crippen LogP contribution in [-0.2, 0) is 15.0 Å². The zero-order valence-electron chi connectivity index (χ0n) is 49.0. The highest BCUT2D eigenvalue weighted by molar-refractivity contribution is 5.87. The summed E-state index contributed by atoms with van der Waals surface area (Å²) in [4.78, 5) is 33.7. The number of carboxylic acid groups (broad SMARTS) is 1. The first-order valence-corrected chi connectivity index (χ1v) is 30.0.